The summed E-state index contributed by atoms with van der Waals surface area (Å²) in [7, 11) is 0. The molecule has 1 atom stereocenters. The SMILES string of the molecule is CCNC(=O)Nc1cccc(NC(=O)C(C)NC(=O)CC2CCCCC2)c1. The van der Waals surface area contributed by atoms with Gasteiger partial charge in [0.1, 0.15) is 6.04 Å². The molecule has 7 nitrogen and oxygen atoms in total. The number of carbonyl (C=O) groups is 3. The molecule has 1 unspecified atom stereocenters. The van der Waals surface area contributed by atoms with Crippen LogP contribution in [-0.2, 0) is 9.59 Å². The minimum atomic E-state index is -0.624. The van der Waals surface area contributed by atoms with Crippen LogP contribution in [0.1, 0.15) is 52.4 Å². The van der Waals surface area contributed by atoms with Crippen LogP contribution in [0.5, 0.6) is 0 Å². The van der Waals surface area contributed by atoms with E-state index in [4.69, 9.17) is 0 Å². The van der Waals surface area contributed by atoms with Crippen molar-refractivity contribution in [1.29, 1.82) is 0 Å². The fourth-order valence-electron chi connectivity index (χ4n) is 3.28. The molecule has 0 saturated heterocycles. The van der Waals surface area contributed by atoms with Gasteiger partial charge in [-0.05, 0) is 50.8 Å². The zero-order valence-corrected chi connectivity index (χ0v) is 16.1. The Kier molecular flexibility index (Phi) is 8.10. The second-order valence-electron chi connectivity index (χ2n) is 7.05. The summed E-state index contributed by atoms with van der Waals surface area (Å²) < 4.78 is 0. The quantitative estimate of drug-likeness (QED) is 0.589. The minimum Gasteiger partial charge on any atom is -0.345 e. The Balaban J connectivity index is 1.82. The van der Waals surface area contributed by atoms with E-state index in [0.29, 0.717) is 30.3 Å². The lowest BCUT2D eigenvalue weighted by Gasteiger charge is -2.22. The van der Waals surface area contributed by atoms with Crippen molar-refractivity contribution in [3.63, 3.8) is 0 Å². The maximum Gasteiger partial charge on any atom is 0.319 e. The van der Waals surface area contributed by atoms with Crippen LogP contribution in [0.4, 0.5) is 16.2 Å². The van der Waals surface area contributed by atoms with Gasteiger partial charge in [0, 0.05) is 24.3 Å². The molecule has 27 heavy (non-hydrogen) atoms. The van der Waals surface area contributed by atoms with Crippen molar-refractivity contribution in [2.24, 2.45) is 5.92 Å². The van der Waals surface area contributed by atoms with Crippen LogP contribution in [-0.4, -0.2) is 30.4 Å². The predicted octanol–water partition coefficient (Wildman–Crippen LogP) is 3.24. The van der Waals surface area contributed by atoms with Gasteiger partial charge >= 0.3 is 6.03 Å². The standard InChI is InChI=1S/C20H30N4O3/c1-3-21-20(27)24-17-11-7-10-16(13-17)23-19(26)14(2)22-18(25)12-15-8-5-4-6-9-15/h7,10-11,13-15H,3-6,8-9,12H2,1-2H3,(H,22,25)(H,23,26)(H2,21,24,27). The number of amides is 4. The van der Waals surface area contributed by atoms with Gasteiger partial charge in [0.25, 0.3) is 0 Å². The number of carbonyl (C=O) groups excluding carboxylic acids is 3. The third kappa shape index (κ3) is 7.29. The van der Waals surface area contributed by atoms with E-state index in [0.717, 1.165) is 12.8 Å². The first-order valence-electron chi connectivity index (χ1n) is 9.73. The molecule has 1 fully saturated rings. The van der Waals surface area contributed by atoms with Gasteiger partial charge in [-0.15, -0.1) is 0 Å². The Morgan fingerprint density at radius 3 is 2.41 bits per heavy atom. The second-order valence-corrected chi connectivity index (χ2v) is 7.05. The number of rotatable bonds is 7. The average molecular weight is 374 g/mol. The van der Waals surface area contributed by atoms with Crippen LogP contribution in [0.3, 0.4) is 0 Å². The molecule has 0 spiro atoms. The molecule has 0 bridgehead atoms. The molecule has 0 heterocycles. The molecule has 0 aromatic heterocycles. The molecule has 7 heteroatoms. The van der Waals surface area contributed by atoms with Crippen LogP contribution in [0.2, 0.25) is 0 Å². The van der Waals surface area contributed by atoms with E-state index >= 15 is 0 Å². The predicted molar refractivity (Wildman–Crippen MR) is 107 cm³/mol. The maximum atomic E-state index is 12.4. The summed E-state index contributed by atoms with van der Waals surface area (Å²) in [5.41, 5.74) is 1.13. The van der Waals surface area contributed by atoms with Gasteiger partial charge in [0.2, 0.25) is 11.8 Å². The fraction of sp³-hybridized carbons (Fsp3) is 0.550. The molecular weight excluding hydrogens is 344 g/mol. The fourth-order valence-corrected chi connectivity index (χ4v) is 3.28. The van der Waals surface area contributed by atoms with Crippen LogP contribution in [0, 0.1) is 5.92 Å². The Hall–Kier alpha value is -2.57. The normalized spacial score (nSPS) is 15.5. The largest absolute Gasteiger partial charge is 0.345 e. The summed E-state index contributed by atoms with van der Waals surface area (Å²) in [5, 5.41) is 10.9. The molecular formula is C20H30N4O3. The lowest BCUT2D eigenvalue weighted by Crippen LogP contribution is -2.42. The smallest absolute Gasteiger partial charge is 0.319 e. The molecule has 148 valence electrons. The van der Waals surface area contributed by atoms with E-state index < -0.39 is 6.04 Å². The average Bonchev–Trinajstić information content (AvgIpc) is 2.62. The van der Waals surface area contributed by atoms with Gasteiger partial charge in [-0.1, -0.05) is 25.3 Å². The number of urea groups is 1. The number of hydrogen-bond acceptors (Lipinski definition) is 3. The van der Waals surface area contributed by atoms with Gasteiger partial charge in [-0.2, -0.15) is 0 Å². The van der Waals surface area contributed by atoms with Crippen LogP contribution < -0.4 is 21.3 Å². The van der Waals surface area contributed by atoms with Gasteiger partial charge in [0.15, 0.2) is 0 Å². The highest BCUT2D eigenvalue weighted by Crippen LogP contribution is 2.26. The Labute approximate surface area is 160 Å². The monoisotopic (exact) mass is 374 g/mol. The molecule has 1 saturated carbocycles. The first-order chi connectivity index (χ1) is 13.0. The van der Waals surface area contributed by atoms with Gasteiger partial charge < -0.3 is 21.3 Å². The highest BCUT2D eigenvalue weighted by atomic mass is 16.2. The molecule has 2 rings (SSSR count). The number of hydrogen-bond donors (Lipinski definition) is 4. The lowest BCUT2D eigenvalue weighted by molar-refractivity contribution is -0.126. The molecule has 0 aliphatic heterocycles. The van der Waals surface area contributed by atoms with Crippen molar-refractivity contribution in [1.82, 2.24) is 10.6 Å². The van der Waals surface area contributed by atoms with Crippen molar-refractivity contribution < 1.29 is 14.4 Å². The third-order valence-electron chi connectivity index (χ3n) is 4.69. The van der Waals surface area contributed by atoms with E-state index in [1.54, 1.807) is 31.2 Å². The second kappa shape index (κ2) is 10.5. The van der Waals surface area contributed by atoms with Crippen LogP contribution in [0.25, 0.3) is 0 Å². The van der Waals surface area contributed by atoms with Crippen molar-refractivity contribution in [2.75, 3.05) is 17.2 Å². The zero-order valence-electron chi connectivity index (χ0n) is 16.1. The van der Waals surface area contributed by atoms with E-state index in [-0.39, 0.29) is 17.8 Å². The summed E-state index contributed by atoms with van der Waals surface area (Å²) in [5.74, 6) is 0.0735. The maximum absolute atomic E-state index is 12.4. The van der Waals surface area contributed by atoms with Gasteiger partial charge in [-0.3, -0.25) is 9.59 Å². The topological polar surface area (TPSA) is 99.3 Å². The Morgan fingerprint density at radius 2 is 1.74 bits per heavy atom. The molecule has 4 N–H and O–H groups in total. The molecule has 4 amide bonds. The van der Waals surface area contributed by atoms with E-state index in [9.17, 15) is 14.4 Å². The molecule has 0 radical (unpaired) electrons. The van der Waals surface area contributed by atoms with Crippen molar-refractivity contribution in [2.45, 2.75) is 58.4 Å². The summed E-state index contributed by atoms with van der Waals surface area (Å²) in [4.78, 5) is 36.1. The first-order valence-corrected chi connectivity index (χ1v) is 9.73. The number of anilines is 2. The molecule has 1 aliphatic rings. The van der Waals surface area contributed by atoms with Crippen molar-refractivity contribution in [3.05, 3.63) is 24.3 Å². The zero-order chi connectivity index (χ0) is 19.6. The Bertz CT molecular complexity index is 656. The van der Waals surface area contributed by atoms with E-state index in [2.05, 4.69) is 21.3 Å². The summed E-state index contributed by atoms with van der Waals surface area (Å²) in [6.07, 6.45) is 6.32. The third-order valence-corrected chi connectivity index (χ3v) is 4.69. The van der Waals surface area contributed by atoms with Crippen LogP contribution in [0.15, 0.2) is 24.3 Å². The first kappa shape index (κ1) is 20.7. The highest BCUT2D eigenvalue weighted by Gasteiger charge is 2.20. The van der Waals surface area contributed by atoms with Crippen molar-refractivity contribution >= 4 is 29.2 Å². The van der Waals surface area contributed by atoms with E-state index in [1.165, 1.54) is 19.3 Å². The van der Waals surface area contributed by atoms with E-state index in [1.807, 2.05) is 6.92 Å². The van der Waals surface area contributed by atoms with Gasteiger partial charge in [0.05, 0.1) is 0 Å². The summed E-state index contributed by atoms with van der Waals surface area (Å²) in [6, 6.07) is 5.95. The van der Waals surface area contributed by atoms with Gasteiger partial charge in [-0.25, -0.2) is 4.79 Å². The summed E-state index contributed by atoms with van der Waals surface area (Å²) in [6.45, 7) is 4.03. The Morgan fingerprint density at radius 1 is 1.07 bits per heavy atom. The number of nitrogens with one attached hydrogen (secondary N) is 4. The molecule has 1 aliphatic carbocycles. The lowest BCUT2D eigenvalue weighted by atomic mass is 9.87. The summed E-state index contributed by atoms with van der Waals surface area (Å²) >= 11 is 0. The molecule has 1 aromatic rings. The highest BCUT2D eigenvalue weighted by molar-refractivity contribution is 5.97. The van der Waals surface area contributed by atoms with Crippen molar-refractivity contribution in [3.8, 4) is 0 Å². The minimum absolute atomic E-state index is 0.0730. The van der Waals surface area contributed by atoms with Crippen LogP contribution >= 0.6 is 0 Å². The number of benzene rings is 1. The molecule has 1 aromatic carbocycles.